The van der Waals surface area contributed by atoms with Crippen LogP contribution in [0.15, 0.2) is 47.3 Å². The molecule has 0 spiro atoms. The Balaban J connectivity index is 1.44. The number of H-pyrrole nitrogens is 1. The maximum absolute atomic E-state index is 13.5. The lowest BCUT2D eigenvalue weighted by atomic mass is 9.85. The highest BCUT2D eigenvalue weighted by molar-refractivity contribution is 5.97. The molecule has 1 atom stereocenters. The first kappa shape index (κ1) is 25.3. The number of hydrogen-bond donors (Lipinski definition) is 2. The number of rotatable bonds is 5. The van der Waals surface area contributed by atoms with Crippen LogP contribution in [0, 0.1) is 17.0 Å². The number of amides is 2. The fourth-order valence-electron chi connectivity index (χ4n) is 4.15. The Bertz CT molecular complexity index is 1340. The van der Waals surface area contributed by atoms with Crippen molar-refractivity contribution < 1.29 is 23.1 Å². The summed E-state index contributed by atoms with van der Waals surface area (Å²) in [5, 5.41) is 2.72. The summed E-state index contributed by atoms with van der Waals surface area (Å²) in [5.74, 6) is -2.71. The maximum Gasteiger partial charge on any atom is 0.280 e. The number of para-hydroxylation sites is 2. The van der Waals surface area contributed by atoms with E-state index in [1.165, 1.54) is 6.07 Å². The van der Waals surface area contributed by atoms with Gasteiger partial charge in [-0.3, -0.25) is 14.4 Å². The first-order chi connectivity index (χ1) is 17.0. The van der Waals surface area contributed by atoms with Crippen LogP contribution in [0.3, 0.4) is 0 Å². The third-order valence-electron chi connectivity index (χ3n) is 6.15. The number of nitrogens with zero attached hydrogens (tertiary/aromatic N) is 2. The van der Waals surface area contributed by atoms with E-state index in [2.05, 4.69) is 15.3 Å². The van der Waals surface area contributed by atoms with Crippen LogP contribution in [-0.4, -0.2) is 51.9 Å². The van der Waals surface area contributed by atoms with Crippen LogP contribution in [0.2, 0.25) is 0 Å². The SMILES string of the molecule is CC(C)(C)[C@H](NC(=O)c1nc2ccccc2[nH]c1=O)C(=O)N1CCC(Oc2ccc(F)c(F)c2)CC1. The normalized spacial score (nSPS) is 15.5. The number of piperidine rings is 1. The van der Waals surface area contributed by atoms with Crippen molar-refractivity contribution in [2.45, 2.75) is 45.8 Å². The molecule has 2 amide bonds. The number of aromatic amines is 1. The Morgan fingerprint density at radius 1 is 1.11 bits per heavy atom. The highest BCUT2D eigenvalue weighted by Crippen LogP contribution is 2.25. The van der Waals surface area contributed by atoms with Crippen LogP contribution in [0.5, 0.6) is 5.75 Å². The molecule has 2 N–H and O–H groups in total. The summed E-state index contributed by atoms with van der Waals surface area (Å²) in [5.41, 5.74) is -0.620. The van der Waals surface area contributed by atoms with Gasteiger partial charge in [0.15, 0.2) is 17.3 Å². The van der Waals surface area contributed by atoms with E-state index in [4.69, 9.17) is 4.74 Å². The highest BCUT2D eigenvalue weighted by atomic mass is 19.2. The molecule has 1 aromatic heterocycles. The van der Waals surface area contributed by atoms with Crippen molar-refractivity contribution in [2.24, 2.45) is 5.41 Å². The van der Waals surface area contributed by atoms with E-state index >= 15 is 0 Å². The van der Waals surface area contributed by atoms with Crippen molar-refractivity contribution in [1.29, 1.82) is 0 Å². The second-order valence-electron chi connectivity index (χ2n) is 9.92. The van der Waals surface area contributed by atoms with Gasteiger partial charge in [0.2, 0.25) is 5.91 Å². The summed E-state index contributed by atoms with van der Waals surface area (Å²) < 4.78 is 32.4. The maximum atomic E-state index is 13.5. The summed E-state index contributed by atoms with van der Waals surface area (Å²) in [4.78, 5) is 47.4. The number of benzene rings is 2. The molecule has 0 unspecified atom stereocenters. The van der Waals surface area contributed by atoms with Crippen molar-refractivity contribution in [1.82, 2.24) is 20.2 Å². The minimum atomic E-state index is -0.983. The van der Waals surface area contributed by atoms with E-state index in [-0.39, 0.29) is 23.5 Å². The standard InChI is InChI=1S/C26H28F2N4O4/c1-26(2,3)22(31-24(34)21-23(33)30-20-7-5-4-6-19(20)29-21)25(35)32-12-10-15(11-13-32)36-16-8-9-17(27)18(28)14-16/h4-9,14-15,22H,10-13H2,1-3H3,(H,30,33)(H,31,34)/t22-/m1/s1. The first-order valence-electron chi connectivity index (χ1n) is 11.7. The second-order valence-corrected chi connectivity index (χ2v) is 9.92. The smallest absolute Gasteiger partial charge is 0.280 e. The number of carbonyl (C=O) groups excluding carboxylic acids is 2. The Hall–Kier alpha value is -3.82. The average molecular weight is 499 g/mol. The molecule has 1 aliphatic rings. The van der Waals surface area contributed by atoms with Crippen molar-refractivity contribution in [2.75, 3.05) is 13.1 Å². The van der Waals surface area contributed by atoms with Gasteiger partial charge in [-0.15, -0.1) is 0 Å². The first-order valence-corrected chi connectivity index (χ1v) is 11.7. The highest BCUT2D eigenvalue weighted by Gasteiger charge is 2.38. The van der Waals surface area contributed by atoms with E-state index < -0.39 is 34.6 Å². The summed E-state index contributed by atoms with van der Waals surface area (Å²) in [7, 11) is 0. The molecule has 0 aliphatic carbocycles. The van der Waals surface area contributed by atoms with Crippen molar-refractivity contribution in [3.63, 3.8) is 0 Å². The van der Waals surface area contributed by atoms with Crippen LogP contribution in [-0.2, 0) is 4.79 Å². The van der Waals surface area contributed by atoms with Crippen LogP contribution in [0.4, 0.5) is 8.78 Å². The molecule has 1 aliphatic heterocycles. The summed E-state index contributed by atoms with van der Waals surface area (Å²) in [6, 6.07) is 9.34. The summed E-state index contributed by atoms with van der Waals surface area (Å²) in [6.07, 6.45) is 0.713. The lowest BCUT2D eigenvalue weighted by molar-refractivity contribution is -0.137. The number of fused-ring (bicyclic) bond motifs is 1. The average Bonchev–Trinajstić information content (AvgIpc) is 2.83. The minimum absolute atomic E-state index is 0.228. The lowest BCUT2D eigenvalue weighted by Gasteiger charge is -2.38. The van der Waals surface area contributed by atoms with Crippen molar-refractivity contribution >= 4 is 22.8 Å². The van der Waals surface area contributed by atoms with Gasteiger partial charge in [-0.2, -0.15) is 0 Å². The number of likely N-dealkylation sites (tertiary alicyclic amines) is 1. The number of hydrogen-bond acceptors (Lipinski definition) is 5. The minimum Gasteiger partial charge on any atom is -0.490 e. The molecule has 0 saturated carbocycles. The monoisotopic (exact) mass is 498 g/mol. The van der Waals surface area contributed by atoms with Gasteiger partial charge in [0, 0.05) is 32.0 Å². The van der Waals surface area contributed by atoms with E-state index in [9.17, 15) is 23.2 Å². The topological polar surface area (TPSA) is 104 Å². The van der Waals surface area contributed by atoms with E-state index in [1.807, 2.05) is 20.8 Å². The summed E-state index contributed by atoms with van der Waals surface area (Å²) in [6.45, 7) is 6.21. The molecule has 0 bridgehead atoms. The Morgan fingerprint density at radius 2 is 1.81 bits per heavy atom. The predicted octanol–water partition coefficient (Wildman–Crippen LogP) is 3.42. The summed E-state index contributed by atoms with van der Waals surface area (Å²) >= 11 is 0. The zero-order valence-electron chi connectivity index (χ0n) is 20.3. The largest absolute Gasteiger partial charge is 0.490 e. The zero-order valence-corrected chi connectivity index (χ0v) is 20.3. The molecular weight excluding hydrogens is 470 g/mol. The Labute approximate surface area is 206 Å². The molecule has 2 aromatic carbocycles. The lowest BCUT2D eigenvalue weighted by Crippen LogP contribution is -2.57. The molecule has 1 saturated heterocycles. The van der Waals surface area contributed by atoms with Crippen molar-refractivity contribution in [3.05, 3.63) is 70.1 Å². The zero-order chi connectivity index (χ0) is 26.0. The van der Waals surface area contributed by atoms with Crippen LogP contribution < -0.4 is 15.6 Å². The van der Waals surface area contributed by atoms with Gasteiger partial charge in [-0.05, 0) is 29.7 Å². The van der Waals surface area contributed by atoms with Gasteiger partial charge in [-0.25, -0.2) is 13.8 Å². The quantitative estimate of drug-likeness (QED) is 0.561. The third kappa shape index (κ3) is 5.53. The second kappa shape index (κ2) is 10.0. The fraction of sp³-hybridized carbons (Fsp3) is 0.385. The van der Waals surface area contributed by atoms with Crippen LogP contribution in [0.25, 0.3) is 11.0 Å². The molecule has 36 heavy (non-hydrogen) atoms. The van der Waals surface area contributed by atoms with Gasteiger partial charge < -0.3 is 19.9 Å². The number of carbonyl (C=O) groups is 2. The predicted molar refractivity (Wildman–Crippen MR) is 130 cm³/mol. The molecule has 3 aromatic rings. The molecular formula is C26H28F2N4O4. The van der Waals surface area contributed by atoms with Gasteiger partial charge in [-0.1, -0.05) is 32.9 Å². The molecule has 10 heteroatoms. The number of aromatic nitrogens is 2. The van der Waals surface area contributed by atoms with Gasteiger partial charge in [0.25, 0.3) is 11.5 Å². The molecule has 8 nitrogen and oxygen atoms in total. The van der Waals surface area contributed by atoms with E-state index in [0.29, 0.717) is 37.0 Å². The number of ether oxygens (including phenoxy) is 1. The van der Waals surface area contributed by atoms with Crippen LogP contribution in [0.1, 0.15) is 44.1 Å². The van der Waals surface area contributed by atoms with Crippen molar-refractivity contribution in [3.8, 4) is 5.75 Å². The van der Waals surface area contributed by atoms with E-state index in [1.54, 1.807) is 29.2 Å². The molecule has 4 rings (SSSR count). The Morgan fingerprint density at radius 3 is 2.47 bits per heavy atom. The van der Waals surface area contributed by atoms with Crippen LogP contribution >= 0.6 is 0 Å². The Kier molecular flexibility index (Phi) is 7.05. The van der Waals surface area contributed by atoms with E-state index in [0.717, 1.165) is 12.1 Å². The van der Waals surface area contributed by atoms with Gasteiger partial charge >= 0.3 is 0 Å². The molecule has 1 fully saturated rings. The molecule has 2 heterocycles. The molecule has 190 valence electrons. The van der Waals surface area contributed by atoms with Gasteiger partial charge in [0.1, 0.15) is 17.9 Å². The van der Waals surface area contributed by atoms with Gasteiger partial charge in [0.05, 0.1) is 11.0 Å². The molecule has 0 radical (unpaired) electrons. The number of halogens is 2. The fourth-order valence-corrected chi connectivity index (χ4v) is 4.15. The third-order valence-corrected chi connectivity index (χ3v) is 6.15. The number of nitrogens with one attached hydrogen (secondary N) is 2.